The Balaban J connectivity index is 0.00000288. The van der Waals surface area contributed by atoms with Crippen LogP contribution in [0.15, 0.2) is 21.7 Å². The molecule has 1 fully saturated rings. The van der Waals surface area contributed by atoms with E-state index in [0.717, 1.165) is 43.7 Å². The zero-order valence-electron chi connectivity index (χ0n) is 14.0. The van der Waals surface area contributed by atoms with Crippen LogP contribution in [0.3, 0.4) is 0 Å². The highest BCUT2D eigenvalue weighted by molar-refractivity contribution is 7.91. The van der Waals surface area contributed by atoms with Gasteiger partial charge < -0.3 is 10.2 Å². The molecule has 6 nitrogen and oxygen atoms in total. The lowest BCUT2D eigenvalue weighted by molar-refractivity contribution is -0.135. The standard InChI is InChI=1S/C15H25N3O3S2.ClH/c1-3-10-18(13-6-8-16-9-7-13)15(19)12(2)17-23(20,21)14-5-4-11-22-14;/h4-5,11-13,16-17H,3,6-10H2,1-2H3;1H. The highest BCUT2D eigenvalue weighted by Crippen LogP contribution is 2.18. The van der Waals surface area contributed by atoms with Gasteiger partial charge in [-0.05, 0) is 50.7 Å². The molecule has 1 aliphatic heterocycles. The smallest absolute Gasteiger partial charge is 0.250 e. The molecule has 1 atom stereocenters. The molecule has 1 aromatic rings. The molecule has 1 aromatic heterocycles. The summed E-state index contributed by atoms with van der Waals surface area (Å²) in [5.41, 5.74) is 0. The van der Waals surface area contributed by atoms with E-state index in [0.29, 0.717) is 6.54 Å². The van der Waals surface area contributed by atoms with E-state index in [4.69, 9.17) is 0 Å². The fourth-order valence-corrected chi connectivity index (χ4v) is 5.04. The van der Waals surface area contributed by atoms with Crippen LogP contribution in [0.4, 0.5) is 0 Å². The molecule has 0 saturated carbocycles. The lowest BCUT2D eigenvalue weighted by Crippen LogP contribution is -2.53. The number of nitrogens with one attached hydrogen (secondary N) is 2. The maximum atomic E-state index is 12.8. The van der Waals surface area contributed by atoms with Gasteiger partial charge in [0.25, 0.3) is 10.0 Å². The van der Waals surface area contributed by atoms with Gasteiger partial charge in [-0.25, -0.2) is 8.42 Å². The molecule has 0 radical (unpaired) electrons. The topological polar surface area (TPSA) is 78.5 Å². The summed E-state index contributed by atoms with van der Waals surface area (Å²) < 4.78 is 27.3. The highest BCUT2D eigenvalue weighted by Gasteiger charge is 2.30. The van der Waals surface area contributed by atoms with Gasteiger partial charge in [0.2, 0.25) is 5.91 Å². The molecule has 0 bridgehead atoms. The molecular weight excluding hydrogens is 370 g/mol. The van der Waals surface area contributed by atoms with E-state index in [2.05, 4.69) is 10.0 Å². The lowest BCUT2D eigenvalue weighted by atomic mass is 10.0. The van der Waals surface area contributed by atoms with Crippen LogP contribution in [0, 0.1) is 0 Å². The first-order chi connectivity index (χ1) is 11.0. The molecule has 1 amide bonds. The van der Waals surface area contributed by atoms with Crippen molar-refractivity contribution in [3.8, 4) is 0 Å². The van der Waals surface area contributed by atoms with Crippen LogP contribution in [0.5, 0.6) is 0 Å². The van der Waals surface area contributed by atoms with Crippen molar-refractivity contribution in [3.63, 3.8) is 0 Å². The quantitative estimate of drug-likeness (QED) is 0.738. The Morgan fingerprint density at radius 3 is 2.67 bits per heavy atom. The molecule has 24 heavy (non-hydrogen) atoms. The summed E-state index contributed by atoms with van der Waals surface area (Å²) in [5.74, 6) is -0.140. The first kappa shape index (κ1) is 21.4. The Morgan fingerprint density at radius 1 is 1.46 bits per heavy atom. The summed E-state index contributed by atoms with van der Waals surface area (Å²) >= 11 is 1.15. The third kappa shape index (κ3) is 5.42. The number of sulfonamides is 1. The molecule has 2 rings (SSSR count). The molecule has 1 unspecified atom stereocenters. The Hall–Kier alpha value is -0.670. The second kappa shape index (κ2) is 9.72. The summed E-state index contributed by atoms with van der Waals surface area (Å²) in [6.45, 7) is 6.11. The Morgan fingerprint density at radius 2 is 2.12 bits per heavy atom. The number of hydrogen-bond donors (Lipinski definition) is 2. The summed E-state index contributed by atoms with van der Waals surface area (Å²) in [4.78, 5) is 14.6. The third-order valence-corrected chi connectivity index (χ3v) is 6.90. The number of amides is 1. The highest BCUT2D eigenvalue weighted by atomic mass is 35.5. The van der Waals surface area contributed by atoms with Gasteiger partial charge >= 0.3 is 0 Å². The average Bonchev–Trinajstić information content (AvgIpc) is 3.08. The Kier molecular flexibility index (Phi) is 8.66. The van der Waals surface area contributed by atoms with Crippen molar-refractivity contribution in [1.29, 1.82) is 0 Å². The second-order valence-corrected chi connectivity index (χ2v) is 8.68. The van der Waals surface area contributed by atoms with Gasteiger partial charge in [-0.3, -0.25) is 4.79 Å². The van der Waals surface area contributed by atoms with Gasteiger partial charge in [0.05, 0.1) is 6.04 Å². The lowest BCUT2D eigenvalue weighted by Gasteiger charge is -2.36. The van der Waals surface area contributed by atoms with Crippen LogP contribution in [0.2, 0.25) is 0 Å². The monoisotopic (exact) mass is 395 g/mol. The maximum Gasteiger partial charge on any atom is 0.250 e. The summed E-state index contributed by atoms with van der Waals surface area (Å²) in [6, 6.07) is 2.66. The van der Waals surface area contributed by atoms with E-state index in [1.807, 2.05) is 11.8 Å². The first-order valence-corrected chi connectivity index (χ1v) is 10.4. The number of piperidine rings is 1. The minimum absolute atomic E-state index is 0. The predicted octanol–water partition coefficient (Wildman–Crippen LogP) is 1.83. The Bertz CT molecular complexity index is 601. The number of rotatable bonds is 7. The van der Waals surface area contributed by atoms with Crippen LogP contribution < -0.4 is 10.0 Å². The molecule has 138 valence electrons. The summed E-state index contributed by atoms with van der Waals surface area (Å²) in [5, 5.41) is 5.00. The zero-order chi connectivity index (χ0) is 16.9. The molecule has 1 aliphatic rings. The van der Waals surface area contributed by atoms with Crippen LogP contribution in [-0.2, 0) is 14.8 Å². The number of thiophene rings is 1. The van der Waals surface area contributed by atoms with Crippen molar-refractivity contribution in [2.24, 2.45) is 0 Å². The van der Waals surface area contributed by atoms with E-state index in [9.17, 15) is 13.2 Å². The number of carbonyl (C=O) groups is 1. The van der Waals surface area contributed by atoms with E-state index in [1.165, 1.54) is 0 Å². The zero-order valence-corrected chi connectivity index (χ0v) is 16.5. The molecule has 2 N–H and O–H groups in total. The molecule has 9 heteroatoms. The minimum Gasteiger partial charge on any atom is -0.338 e. The summed E-state index contributed by atoms with van der Waals surface area (Å²) in [6.07, 6.45) is 2.69. The van der Waals surface area contributed by atoms with Crippen molar-refractivity contribution in [2.75, 3.05) is 19.6 Å². The molecular formula is C15H26ClN3O3S2. The van der Waals surface area contributed by atoms with Crippen molar-refractivity contribution in [2.45, 2.75) is 49.4 Å². The van der Waals surface area contributed by atoms with Crippen LogP contribution in [-0.4, -0.2) is 50.9 Å². The van der Waals surface area contributed by atoms with Gasteiger partial charge in [-0.15, -0.1) is 23.7 Å². The third-order valence-electron chi connectivity index (χ3n) is 3.96. The van der Waals surface area contributed by atoms with Crippen molar-refractivity contribution in [1.82, 2.24) is 14.9 Å². The van der Waals surface area contributed by atoms with Gasteiger partial charge in [0.15, 0.2) is 0 Å². The number of halogens is 1. The van der Waals surface area contributed by atoms with Crippen LogP contribution >= 0.6 is 23.7 Å². The van der Waals surface area contributed by atoms with Crippen molar-refractivity contribution in [3.05, 3.63) is 17.5 Å². The van der Waals surface area contributed by atoms with Gasteiger partial charge in [0, 0.05) is 12.6 Å². The van der Waals surface area contributed by atoms with Gasteiger partial charge in [0.1, 0.15) is 4.21 Å². The van der Waals surface area contributed by atoms with Gasteiger partial charge in [-0.1, -0.05) is 13.0 Å². The van der Waals surface area contributed by atoms with E-state index in [-0.39, 0.29) is 28.6 Å². The van der Waals surface area contributed by atoms with E-state index < -0.39 is 16.1 Å². The average molecular weight is 396 g/mol. The van der Waals surface area contributed by atoms with E-state index in [1.54, 1.807) is 24.4 Å². The van der Waals surface area contributed by atoms with Crippen LogP contribution in [0.25, 0.3) is 0 Å². The predicted molar refractivity (Wildman–Crippen MR) is 99.2 cm³/mol. The molecule has 0 spiro atoms. The number of hydrogen-bond acceptors (Lipinski definition) is 5. The van der Waals surface area contributed by atoms with E-state index >= 15 is 0 Å². The SMILES string of the molecule is CCCN(C(=O)C(C)NS(=O)(=O)c1cccs1)C1CCNCC1.Cl. The number of nitrogens with zero attached hydrogens (tertiary/aromatic N) is 1. The minimum atomic E-state index is -3.63. The van der Waals surface area contributed by atoms with Crippen LogP contribution in [0.1, 0.15) is 33.1 Å². The number of carbonyl (C=O) groups excluding carboxylic acids is 1. The second-order valence-electron chi connectivity index (χ2n) is 5.79. The fourth-order valence-electron chi connectivity index (χ4n) is 2.84. The maximum absolute atomic E-state index is 12.8. The van der Waals surface area contributed by atoms with Crippen molar-refractivity contribution < 1.29 is 13.2 Å². The largest absolute Gasteiger partial charge is 0.338 e. The van der Waals surface area contributed by atoms with Crippen molar-refractivity contribution >= 4 is 39.7 Å². The summed E-state index contributed by atoms with van der Waals surface area (Å²) in [7, 11) is -3.63. The normalized spacial score (nSPS) is 17.1. The molecule has 2 heterocycles. The first-order valence-electron chi connectivity index (χ1n) is 8.02. The van der Waals surface area contributed by atoms with Gasteiger partial charge in [-0.2, -0.15) is 4.72 Å². The molecule has 1 saturated heterocycles. The molecule has 0 aromatic carbocycles. The fraction of sp³-hybridized carbons (Fsp3) is 0.667. The molecule has 0 aliphatic carbocycles. The Labute approximate surface area is 154 Å².